The number of benzene rings is 1. The summed E-state index contributed by atoms with van der Waals surface area (Å²) in [5, 5.41) is 2.99. The van der Waals surface area contributed by atoms with Crippen LogP contribution in [0.3, 0.4) is 0 Å². The Bertz CT molecular complexity index is 807. The molecule has 1 aromatic carbocycles. The topological polar surface area (TPSA) is 69.7 Å². The van der Waals surface area contributed by atoms with Gasteiger partial charge in [-0.15, -0.1) is 0 Å². The molecule has 1 aromatic rings. The van der Waals surface area contributed by atoms with Gasteiger partial charge in [-0.3, -0.25) is 4.79 Å². The highest BCUT2D eigenvalue weighted by atomic mass is 32.2. The largest absolute Gasteiger partial charge is 0.354 e. The Morgan fingerprint density at radius 1 is 1.25 bits per heavy atom. The molecule has 28 heavy (non-hydrogen) atoms. The summed E-state index contributed by atoms with van der Waals surface area (Å²) in [5.74, 6) is -0.0861. The standard InChI is InChI=1S/C20H30FN3O3S/c1-14(2)22-20(25)16-11-19(23(3)13-16)15-7-9-24(10-8-15)28(26,27)18-6-4-5-17(21)12-18/h4-6,12,14-16,19H,7-11,13H2,1-3H3,(H,22,25)/t16-,19-/m0/s1. The van der Waals surface area contributed by atoms with Crippen molar-refractivity contribution in [2.45, 2.75) is 50.1 Å². The minimum absolute atomic E-state index is 0.00791. The van der Waals surface area contributed by atoms with Crippen LogP contribution in [0.4, 0.5) is 4.39 Å². The molecule has 3 rings (SSSR count). The van der Waals surface area contributed by atoms with Gasteiger partial charge in [0.25, 0.3) is 0 Å². The van der Waals surface area contributed by atoms with Gasteiger partial charge in [0.05, 0.1) is 10.8 Å². The van der Waals surface area contributed by atoms with Gasteiger partial charge in [-0.25, -0.2) is 12.8 Å². The smallest absolute Gasteiger partial charge is 0.243 e. The molecule has 1 N–H and O–H groups in total. The molecule has 2 aliphatic heterocycles. The van der Waals surface area contributed by atoms with Crippen molar-refractivity contribution in [1.29, 1.82) is 0 Å². The number of carbonyl (C=O) groups excluding carboxylic acids is 1. The van der Waals surface area contributed by atoms with Gasteiger partial charge >= 0.3 is 0 Å². The first-order chi connectivity index (χ1) is 13.2. The maximum absolute atomic E-state index is 13.4. The van der Waals surface area contributed by atoms with E-state index >= 15 is 0 Å². The normalized spacial score (nSPS) is 25.3. The zero-order valence-electron chi connectivity index (χ0n) is 16.8. The second-order valence-electron chi connectivity index (χ2n) is 8.30. The van der Waals surface area contributed by atoms with Crippen molar-refractivity contribution in [2.75, 3.05) is 26.7 Å². The third-order valence-corrected chi connectivity index (χ3v) is 7.77. The lowest BCUT2D eigenvalue weighted by Gasteiger charge is -2.36. The molecule has 1 amide bonds. The molecule has 156 valence electrons. The Kier molecular flexibility index (Phi) is 6.41. The lowest BCUT2D eigenvalue weighted by atomic mass is 9.87. The lowest BCUT2D eigenvalue weighted by molar-refractivity contribution is -0.125. The minimum Gasteiger partial charge on any atom is -0.354 e. The van der Waals surface area contributed by atoms with E-state index in [0.29, 0.717) is 25.0 Å². The summed E-state index contributed by atoms with van der Waals surface area (Å²) in [5.41, 5.74) is 0. The first kappa shape index (κ1) is 21.2. The average molecular weight is 412 g/mol. The van der Waals surface area contributed by atoms with Crippen LogP contribution in [-0.4, -0.2) is 62.3 Å². The van der Waals surface area contributed by atoms with Gasteiger partial charge < -0.3 is 10.2 Å². The zero-order valence-corrected chi connectivity index (χ0v) is 17.6. The molecule has 0 aliphatic carbocycles. The molecule has 0 aromatic heterocycles. The first-order valence-electron chi connectivity index (χ1n) is 9.95. The number of hydrogen-bond acceptors (Lipinski definition) is 4. The Labute approximate surface area is 167 Å². The van der Waals surface area contributed by atoms with E-state index in [-0.39, 0.29) is 22.8 Å². The average Bonchev–Trinajstić information content (AvgIpc) is 3.03. The fourth-order valence-electron chi connectivity index (χ4n) is 4.45. The summed E-state index contributed by atoms with van der Waals surface area (Å²) in [6, 6.07) is 5.60. The van der Waals surface area contributed by atoms with Crippen LogP contribution < -0.4 is 5.32 Å². The van der Waals surface area contributed by atoms with E-state index in [0.717, 1.165) is 31.9 Å². The molecule has 0 saturated carbocycles. The Hall–Kier alpha value is -1.51. The Balaban J connectivity index is 1.60. The predicted octanol–water partition coefficient (Wildman–Crippen LogP) is 2.07. The van der Waals surface area contributed by atoms with Crippen LogP contribution in [0.5, 0.6) is 0 Å². The molecule has 0 unspecified atom stereocenters. The zero-order chi connectivity index (χ0) is 20.5. The van der Waals surface area contributed by atoms with Crippen LogP contribution in [0.15, 0.2) is 29.2 Å². The van der Waals surface area contributed by atoms with Crippen molar-refractivity contribution >= 4 is 15.9 Å². The van der Waals surface area contributed by atoms with E-state index in [1.54, 1.807) is 0 Å². The Morgan fingerprint density at radius 2 is 1.93 bits per heavy atom. The van der Waals surface area contributed by atoms with Crippen molar-refractivity contribution in [3.8, 4) is 0 Å². The molecule has 2 atom stereocenters. The van der Waals surface area contributed by atoms with Gasteiger partial charge in [0.2, 0.25) is 15.9 Å². The van der Waals surface area contributed by atoms with Gasteiger partial charge in [-0.1, -0.05) is 6.07 Å². The van der Waals surface area contributed by atoms with E-state index in [4.69, 9.17) is 0 Å². The van der Waals surface area contributed by atoms with Crippen molar-refractivity contribution < 1.29 is 17.6 Å². The second kappa shape index (κ2) is 8.47. The quantitative estimate of drug-likeness (QED) is 0.805. The van der Waals surface area contributed by atoms with Crippen LogP contribution in [-0.2, 0) is 14.8 Å². The third kappa shape index (κ3) is 4.55. The van der Waals surface area contributed by atoms with Crippen LogP contribution in [0, 0.1) is 17.7 Å². The summed E-state index contributed by atoms with van der Waals surface area (Å²) in [4.78, 5) is 14.6. The number of halogens is 1. The van der Waals surface area contributed by atoms with E-state index < -0.39 is 15.8 Å². The molecular formula is C20H30FN3O3S. The van der Waals surface area contributed by atoms with Gasteiger partial charge in [0.15, 0.2) is 0 Å². The van der Waals surface area contributed by atoms with Gasteiger partial charge in [0.1, 0.15) is 5.82 Å². The van der Waals surface area contributed by atoms with E-state index in [9.17, 15) is 17.6 Å². The summed E-state index contributed by atoms with van der Waals surface area (Å²) >= 11 is 0. The highest BCUT2D eigenvalue weighted by molar-refractivity contribution is 7.89. The molecule has 0 bridgehead atoms. The van der Waals surface area contributed by atoms with Gasteiger partial charge in [-0.2, -0.15) is 4.31 Å². The van der Waals surface area contributed by atoms with E-state index in [1.807, 2.05) is 20.9 Å². The molecule has 0 spiro atoms. The maximum Gasteiger partial charge on any atom is 0.243 e. The first-order valence-corrected chi connectivity index (χ1v) is 11.4. The van der Waals surface area contributed by atoms with Crippen molar-refractivity contribution in [3.63, 3.8) is 0 Å². The summed E-state index contributed by atoms with van der Waals surface area (Å²) in [6.07, 6.45) is 2.32. The summed E-state index contributed by atoms with van der Waals surface area (Å²) in [6.45, 7) is 5.52. The summed E-state index contributed by atoms with van der Waals surface area (Å²) in [7, 11) is -1.62. The SMILES string of the molecule is CC(C)NC(=O)[C@H]1C[C@@H](C2CCN(S(=O)(=O)c3cccc(F)c3)CC2)N(C)C1. The third-order valence-electron chi connectivity index (χ3n) is 5.88. The number of nitrogens with one attached hydrogen (secondary N) is 1. The molecule has 0 radical (unpaired) electrons. The molecule has 2 heterocycles. The van der Waals surface area contributed by atoms with Crippen LogP contribution in [0.25, 0.3) is 0 Å². The number of hydrogen-bond donors (Lipinski definition) is 1. The van der Waals surface area contributed by atoms with E-state index in [2.05, 4.69) is 10.2 Å². The number of piperidine rings is 1. The van der Waals surface area contributed by atoms with Crippen LogP contribution in [0.2, 0.25) is 0 Å². The Morgan fingerprint density at radius 3 is 2.54 bits per heavy atom. The number of nitrogens with zero attached hydrogens (tertiary/aromatic N) is 2. The highest BCUT2D eigenvalue weighted by Crippen LogP contribution is 2.34. The van der Waals surface area contributed by atoms with E-state index in [1.165, 1.54) is 22.5 Å². The van der Waals surface area contributed by atoms with Crippen LogP contribution in [0.1, 0.15) is 33.1 Å². The van der Waals surface area contributed by atoms with Crippen molar-refractivity contribution in [1.82, 2.24) is 14.5 Å². The number of amides is 1. The molecule has 6 nitrogen and oxygen atoms in total. The van der Waals surface area contributed by atoms with Gasteiger partial charge in [0, 0.05) is 31.7 Å². The second-order valence-corrected chi connectivity index (χ2v) is 10.2. The fourth-order valence-corrected chi connectivity index (χ4v) is 5.95. The monoisotopic (exact) mass is 411 g/mol. The molecule has 8 heteroatoms. The number of rotatable bonds is 5. The number of likely N-dealkylation sites (tertiary alicyclic amines) is 1. The predicted molar refractivity (Wildman–Crippen MR) is 106 cm³/mol. The minimum atomic E-state index is -3.67. The van der Waals surface area contributed by atoms with Gasteiger partial charge in [-0.05, 0) is 64.3 Å². The van der Waals surface area contributed by atoms with Crippen molar-refractivity contribution in [3.05, 3.63) is 30.1 Å². The maximum atomic E-state index is 13.4. The van der Waals surface area contributed by atoms with Crippen LogP contribution >= 0.6 is 0 Å². The van der Waals surface area contributed by atoms with Crippen molar-refractivity contribution in [2.24, 2.45) is 11.8 Å². The molecular weight excluding hydrogens is 381 g/mol. The number of sulfonamides is 1. The summed E-state index contributed by atoms with van der Waals surface area (Å²) < 4.78 is 40.4. The highest BCUT2D eigenvalue weighted by Gasteiger charge is 2.40. The fraction of sp³-hybridized carbons (Fsp3) is 0.650. The molecule has 2 fully saturated rings. The molecule has 2 saturated heterocycles. The molecule has 2 aliphatic rings. The number of carbonyl (C=O) groups is 1. The lowest BCUT2D eigenvalue weighted by Crippen LogP contribution is -2.43.